The van der Waals surface area contributed by atoms with Crippen molar-refractivity contribution in [3.05, 3.63) is 47.9 Å². The van der Waals surface area contributed by atoms with E-state index < -0.39 is 5.91 Å². The average Bonchev–Trinajstić information content (AvgIpc) is 3.26. The number of carbonyl (C=O) groups is 2. The second-order valence-corrected chi connectivity index (χ2v) is 6.88. The molecule has 3 aromatic rings. The summed E-state index contributed by atoms with van der Waals surface area (Å²) in [4.78, 5) is 34.2. The van der Waals surface area contributed by atoms with Crippen molar-refractivity contribution in [2.45, 2.75) is 12.8 Å². The van der Waals surface area contributed by atoms with Crippen LogP contribution in [0.5, 0.6) is 0 Å². The van der Waals surface area contributed by atoms with Gasteiger partial charge >= 0.3 is 5.97 Å². The SMILES string of the molecule is O=C(NO)c1cnc(N2CCC(COC(=O)c3cccc4cn[nH]c34)CC2)nc1. The minimum atomic E-state index is -0.650. The number of anilines is 1. The number of rotatable bonds is 5. The highest BCUT2D eigenvalue weighted by molar-refractivity contribution is 6.02. The van der Waals surface area contributed by atoms with Gasteiger partial charge in [0.05, 0.1) is 29.4 Å². The number of esters is 1. The van der Waals surface area contributed by atoms with Gasteiger partial charge in [0.15, 0.2) is 0 Å². The fourth-order valence-corrected chi connectivity index (χ4v) is 3.38. The van der Waals surface area contributed by atoms with Gasteiger partial charge in [-0.1, -0.05) is 12.1 Å². The summed E-state index contributed by atoms with van der Waals surface area (Å²) in [5, 5.41) is 16.3. The maximum atomic E-state index is 12.4. The van der Waals surface area contributed by atoms with Gasteiger partial charge in [0.1, 0.15) is 0 Å². The van der Waals surface area contributed by atoms with Crippen molar-refractivity contribution in [3.63, 3.8) is 0 Å². The fraction of sp³-hybridized carbons (Fsp3) is 0.316. The highest BCUT2D eigenvalue weighted by atomic mass is 16.5. The quantitative estimate of drug-likeness (QED) is 0.336. The van der Waals surface area contributed by atoms with Crippen LogP contribution in [0.15, 0.2) is 36.8 Å². The molecule has 2 aromatic heterocycles. The molecule has 0 aliphatic carbocycles. The van der Waals surface area contributed by atoms with Crippen molar-refractivity contribution < 1.29 is 19.5 Å². The molecule has 0 spiro atoms. The van der Waals surface area contributed by atoms with Crippen molar-refractivity contribution in [1.29, 1.82) is 0 Å². The first kappa shape index (κ1) is 18.8. The van der Waals surface area contributed by atoms with Gasteiger partial charge in [-0.15, -0.1) is 0 Å². The number of piperidine rings is 1. The topological polar surface area (TPSA) is 133 Å². The number of aromatic amines is 1. The zero-order valence-electron chi connectivity index (χ0n) is 15.5. The molecule has 1 aliphatic rings. The predicted octanol–water partition coefficient (Wildman–Crippen LogP) is 1.55. The highest BCUT2D eigenvalue weighted by Gasteiger charge is 2.23. The summed E-state index contributed by atoms with van der Waals surface area (Å²) in [5.74, 6) is -0.220. The zero-order chi connectivity index (χ0) is 20.2. The number of H-pyrrole nitrogens is 1. The minimum absolute atomic E-state index is 0.185. The fourth-order valence-electron chi connectivity index (χ4n) is 3.38. The van der Waals surface area contributed by atoms with Crippen LogP contribution in [0, 0.1) is 5.92 Å². The number of hydrogen-bond acceptors (Lipinski definition) is 8. The van der Waals surface area contributed by atoms with Gasteiger partial charge in [0, 0.05) is 30.9 Å². The van der Waals surface area contributed by atoms with E-state index in [1.165, 1.54) is 12.4 Å². The number of carbonyl (C=O) groups excluding carboxylic acids is 2. The monoisotopic (exact) mass is 396 g/mol. The molecule has 0 atom stereocenters. The molecule has 150 valence electrons. The van der Waals surface area contributed by atoms with Crippen molar-refractivity contribution >= 4 is 28.7 Å². The van der Waals surface area contributed by atoms with E-state index in [4.69, 9.17) is 9.94 Å². The molecule has 1 amide bonds. The summed E-state index contributed by atoms with van der Waals surface area (Å²) in [5.41, 5.74) is 2.90. The summed E-state index contributed by atoms with van der Waals surface area (Å²) >= 11 is 0. The number of nitrogens with zero attached hydrogens (tertiary/aromatic N) is 4. The van der Waals surface area contributed by atoms with Crippen LogP contribution < -0.4 is 10.4 Å². The van der Waals surface area contributed by atoms with Crippen LogP contribution in [-0.4, -0.2) is 56.9 Å². The van der Waals surface area contributed by atoms with Crippen LogP contribution >= 0.6 is 0 Å². The van der Waals surface area contributed by atoms with Crippen molar-refractivity contribution in [2.24, 2.45) is 5.92 Å². The summed E-state index contributed by atoms with van der Waals surface area (Å²) in [6.45, 7) is 1.81. The summed E-state index contributed by atoms with van der Waals surface area (Å²) < 4.78 is 5.54. The Hall–Kier alpha value is -3.53. The van der Waals surface area contributed by atoms with Gasteiger partial charge in [0.25, 0.3) is 5.91 Å². The molecule has 0 bridgehead atoms. The Morgan fingerprint density at radius 3 is 2.69 bits per heavy atom. The van der Waals surface area contributed by atoms with E-state index in [9.17, 15) is 9.59 Å². The third-order valence-corrected chi connectivity index (χ3v) is 5.05. The Morgan fingerprint density at radius 2 is 1.97 bits per heavy atom. The van der Waals surface area contributed by atoms with E-state index in [-0.39, 0.29) is 17.5 Å². The molecule has 3 heterocycles. The third-order valence-electron chi connectivity index (χ3n) is 5.05. The molecule has 1 fully saturated rings. The third kappa shape index (κ3) is 4.02. The Bertz CT molecular complexity index is 1010. The van der Waals surface area contributed by atoms with E-state index in [1.807, 2.05) is 17.0 Å². The molecule has 29 heavy (non-hydrogen) atoms. The smallest absolute Gasteiger partial charge is 0.340 e. The number of fused-ring (bicyclic) bond motifs is 1. The summed E-state index contributed by atoms with van der Waals surface area (Å²) in [6.07, 6.45) is 6.09. The summed E-state index contributed by atoms with van der Waals surface area (Å²) in [7, 11) is 0. The number of aromatic nitrogens is 4. The van der Waals surface area contributed by atoms with Crippen LogP contribution in [0.1, 0.15) is 33.6 Å². The molecule has 10 nitrogen and oxygen atoms in total. The van der Waals surface area contributed by atoms with Gasteiger partial charge in [-0.3, -0.25) is 15.1 Å². The van der Waals surface area contributed by atoms with E-state index in [0.717, 1.165) is 31.3 Å². The maximum absolute atomic E-state index is 12.4. The van der Waals surface area contributed by atoms with E-state index in [2.05, 4.69) is 20.2 Å². The van der Waals surface area contributed by atoms with Crippen LogP contribution in [0.25, 0.3) is 10.9 Å². The molecule has 1 saturated heterocycles. The number of para-hydroxylation sites is 1. The van der Waals surface area contributed by atoms with Crippen LogP contribution in [0.3, 0.4) is 0 Å². The van der Waals surface area contributed by atoms with E-state index >= 15 is 0 Å². The molecule has 1 aromatic carbocycles. The molecule has 0 unspecified atom stereocenters. The van der Waals surface area contributed by atoms with Crippen molar-refractivity contribution in [3.8, 4) is 0 Å². The second-order valence-electron chi connectivity index (χ2n) is 6.88. The predicted molar refractivity (Wildman–Crippen MR) is 103 cm³/mol. The lowest BCUT2D eigenvalue weighted by Gasteiger charge is -2.31. The first-order valence-electron chi connectivity index (χ1n) is 9.26. The Kier molecular flexibility index (Phi) is 5.34. The standard InChI is InChI=1S/C19H20N6O4/c26-17(24-28)14-8-20-19(21-9-14)25-6-4-12(5-7-25)11-29-18(27)15-3-1-2-13-10-22-23-16(13)15/h1-3,8-10,12,28H,4-7,11H2,(H,22,23)(H,24,26). The number of nitrogens with one attached hydrogen (secondary N) is 2. The molecule has 10 heteroatoms. The molecular weight excluding hydrogens is 376 g/mol. The molecule has 0 radical (unpaired) electrons. The van der Waals surface area contributed by atoms with Crippen LogP contribution in [0.4, 0.5) is 5.95 Å². The molecule has 0 saturated carbocycles. The number of hydrogen-bond donors (Lipinski definition) is 3. The second kappa shape index (κ2) is 8.23. The first-order chi connectivity index (χ1) is 14.2. The zero-order valence-corrected chi connectivity index (χ0v) is 15.5. The number of ether oxygens (including phenoxy) is 1. The lowest BCUT2D eigenvalue weighted by Crippen LogP contribution is -2.36. The van der Waals surface area contributed by atoms with Gasteiger partial charge in [-0.25, -0.2) is 20.2 Å². The number of hydroxylamine groups is 1. The Labute approximate surface area is 165 Å². The van der Waals surface area contributed by atoms with Gasteiger partial charge in [-0.05, 0) is 24.8 Å². The van der Waals surface area contributed by atoms with Crippen molar-refractivity contribution in [2.75, 3.05) is 24.6 Å². The maximum Gasteiger partial charge on any atom is 0.340 e. The van der Waals surface area contributed by atoms with E-state index in [0.29, 0.717) is 23.6 Å². The van der Waals surface area contributed by atoms with Crippen LogP contribution in [-0.2, 0) is 4.74 Å². The molecule has 4 rings (SSSR count). The minimum Gasteiger partial charge on any atom is -0.462 e. The molecule has 3 N–H and O–H groups in total. The van der Waals surface area contributed by atoms with E-state index in [1.54, 1.807) is 17.7 Å². The largest absolute Gasteiger partial charge is 0.462 e. The highest BCUT2D eigenvalue weighted by Crippen LogP contribution is 2.22. The van der Waals surface area contributed by atoms with Crippen molar-refractivity contribution in [1.82, 2.24) is 25.6 Å². The lowest BCUT2D eigenvalue weighted by molar-refractivity contribution is 0.0422. The van der Waals surface area contributed by atoms with Crippen LogP contribution in [0.2, 0.25) is 0 Å². The lowest BCUT2D eigenvalue weighted by atomic mass is 9.98. The molecule has 1 aliphatic heterocycles. The Morgan fingerprint density at radius 1 is 1.21 bits per heavy atom. The Balaban J connectivity index is 1.29. The van der Waals surface area contributed by atoms with Gasteiger partial charge in [0.2, 0.25) is 5.95 Å². The van der Waals surface area contributed by atoms with Gasteiger partial charge < -0.3 is 9.64 Å². The number of amides is 1. The first-order valence-corrected chi connectivity index (χ1v) is 9.26. The normalized spacial score (nSPS) is 14.7. The molecular formula is C19H20N6O4. The van der Waals surface area contributed by atoms with Gasteiger partial charge in [-0.2, -0.15) is 5.10 Å². The summed E-state index contributed by atoms with van der Waals surface area (Å²) in [6, 6.07) is 5.42. The average molecular weight is 396 g/mol. The number of benzene rings is 1.